The van der Waals surface area contributed by atoms with Crippen LogP contribution in [0.2, 0.25) is 0 Å². The largest absolute Gasteiger partial charge is 0.378 e. The molecule has 0 aliphatic carbocycles. The summed E-state index contributed by atoms with van der Waals surface area (Å²) in [5.41, 5.74) is 5.46. The molecule has 0 aromatic heterocycles. The van der Waals surface area contributed by atoms with Crippen LogP contribution in [0.15, 0.2) is 0 Å². The molecule has 1 amide bonds. The summed E-state index contributed by atoms with van der Waals surface area (Å²) in [4.78, 5) is 14.1. The summed E-state index contributed by atoms with van der Waals surface area (Å²) in [6, 6.07) is 0. The SMILES string of the molecule is CC(C)CC(C)OCCC(=O)N1CCC(OCCCN)CC1. The molecule has 1 rings (SSSR count). The second-order valence-electron chi connectivity index (χ2n) is 6.65. The monoisotopic (exact) mass is 314 g/mol. The van der Waals surface area contributed by atoms with E-state index >= 15 is 0 Å². The molecule has 0 spiro atoms. The van der Waals surface area contributed by atoms with Crippen molar-refractivity contribution in [1.82, 2.24) is 4.90 Å². The number of piperidine rings is 1. The van der Waals surface area contributed by atoms with Crippen molar-refractivity contribution in [2.75, 3.05) is 32.8 Å². The summed E-state index contributed by atoms with van der Waals surface area (Å²) < 4.78 is 11.5. The van der Waals surface area contributed by atoms with Gasteiger partial charge in [-0.3, -0.25) is 4.79 Å². The molecule has 0 saturated carbocycles. The minimum Gasteiger partial charge on any atom is -0.378 e. The summed E-state index contributed by atoms with van der Waals surface area (Å²) in [6.45, 7) is 9.98. The van der Waals surface area contributed by atoms with E-state index in [1.165, 1.54) is 0 Å². The quantitative estimate of drug-likeness (QED) is 0.628. The van der Waals surface area contributed by atoms with Crippen molar-refractivity contribution in [2.45, 2.75) is 65.1 Å². The molecule has 0 bridgehead atoms. The second kappa shape index (κ2) is 11.0. The van der Waals surface area contributed by atoms with Crippen molar-refractivity contribution in [2.24, 2.45) is 11.7 Å². The molecule has 5 nitrogen and oxygen atoms in total. The Labute approximate surface area is 135 Å². The molecule has 5 heteroatoms. The lowest BCUT2D eigenvalue weighted by Gasteiger charge is -2.32. The highest BCUT2D eigenvalue weighted by Crippen LogP contribution is 2.15. The maximum atomic E-state index is 12.2. The average Bonchev–Trinajstić information content (AvgIpc) is 2.47. The number of hydrogen-bond acceptors (Lipinski definition) is 4. The van der Waals surface area contributed by atoms with Crippen molar-refractivity contribution in [3.8, 4) is 0 Å². The Morgan fingerprint density at radius 3 is 2.50 bits per heavy atom. The Bertz CT molecular complexity index is 302. The zero-order chi connectivity index (χ0) is 16.4. The highest BCUT2D eigenvalue weighted by atomic mass is 16.5. The number of ether oxygens (including phenoxy) is 2. The van der Waals surface area contributed by atoms with Gasteiger partial charge in [0.1, 0.15) is 0 Å². The molecule has 2 N–H and O–H groups in total. The lowest BCUT2D eigenvalue weighted by atomic mass is 10.1. The number of rotatable bonds is 10. The molecule has 1 heterocycles. The van der Waals surface area contributed by atoms with E-state index in [0.717, 1.165) is 45.4 Å². The van der Waals surface area contributed by atoms with Crippen LogP contribution in [0.3, 0.4) is 0 Å². The summed E-state index contributed by atoms with van der Waals surface area (Å²) in [6.07, 6.45) is 4.82. The van der Waals surface area contributed by atoms with Crippen LogP contribution in [0, 0.1) is 5.92 Å². The minimum atomic E-state index is 0.206. The molecule has 1 aliphatic heterocycles. The zero-order valence-electron chi connectivity index (χ0n) is 14.6. The van der Waals surface area contributed by atoms with E-state index in [1.807, 2.05) is 4.90 Å². The van der Waals surface area contributed by atoms with E-state index in [2.05, 4.69) is 20.8 Å². The maximum absolute atomic E-state index is 12.2. The number of nitrogens with zero attached hydrogens (tertiary/aromatic N) is 1. The van der Waals surface area contributed by atoms with Crippen molar-refractivity contribution in [3.63, 3.8) is 0 Å². The Balaban J connectivity index is 2.12. The van der Waals surface area contributed by atoms with Gasteiger partial charge in [-0.1, -0.05) is 13.8 Å². The third-order valence-electron chi connectivity index (χ3n) is 4.02. The Morgan fingerprint density at radius 2 is 1.91 bits per heavy atom. The summed E-state index contributed by atoms with van der Waals surface area (Å²) in [5.74, 6) is 0.834. The molecular formula is C17H34N2O3. The van der Waals surface area contributed by atoms with Crippen LogP contribution in [-0.4, -0.2) is 55.9 Å². The van der Waals surface area contributed by atoms with E-state index in [0.29, 0.717) is 25.5 Å². The second-order valence-corrected chi connectivity index (χ2v) is 6.65. The molecule has 1 atom stereocenters. The predicted molar refractivity (Wildman–Crippen MR) is 88.7 cm³/mol. The topological polar surface area (TPSA) is 64.8 Å². The van der Waals surface area contributed by atoms with Gasteiger partial charge in [0.15, 0.2) is 0 Å². The Morgan fingerprint density at radius 1 is 1.23 bits per heavy atom. The van der Waals surface area contributed by atoms with Crippen LogP contribution in [0.4, 0.5) is 0 Å². The predicted octanol–water partition coefficient (Wildman–Crippen LogP) is 2.18. The molecule has 0 aromatic carbocycles. The van der Waals surface area contributed by atoms with Gasteiger partial charge in [0, 0.05) is 19.7 Å². The number of carbonyl (C=O) groups is 1. The van der Waals surface area contributed by atoms with Crippen LogP contribution < -0.4 is 5.73 Å². The van der Waals surface area contributed by atoms with Crippen LogP contribution in [-0.2, 0) is 14.3 Å². The first-order valence-corrected chi connectivity index (χ1v) is 8.74. The molecule has 0 radical (unpaired) electrons. The van der Waals surface area contributed by atoms with E-state index in [9.17, 15) is 4.79 Å². The lowest BCUT2D eigenvalue weighted by Crippen LogP contribution is -2.41. The van der Waals surface area contributed by atoms with E-state index in [-0.39, 0.29) is 18.1 Å². The Kier molecular flexibility index (Phi) is 9.68. The fourth-order valence-corrected chi connectivity index (χ4v) is 2.84. The minimum absolute atomic E-state index is 0.206. The number of carbonyl (C=O) groups excluding carboxylic acids is 1. The van der Waals surface area contributed by atoms with Crippen molar-refractivity contribution in [3.05, 3.63) is 0 Å². The summed E-state index contributed by atoms with van der Waals surface area (Å²) in [7, 11) is 0. The van der Waals surface area contributed by atoms with Crippen molar-refractivity contribution in [1.29, 1.82) is 0 Å². The number of likely N-dealkylation sites (tertiary alicyclic amines) is 1. The maximum Gasteiger partial charge on any atom is 0.224 e. The van der Waals surface area contributed by atoms with Gasteiger partial charge in [0.05, 0.1) is 25.2 Å². The van der Waals surface area contributed by atoms with Gasteiger partial charge in [-0.25, -0.2) is 0 Å². The molecule has 130 valence electrons. The molecule has 1 saturated heterocycles. The first kappa shape index (κ1) is 19.4. The molecule has 1 unspecified atom stereocenters. The van der Waals surface area contributed by atoms with Gasteiger partial charge in [0.2, 0.25) is 5.91 Å². The number of amides is 1. The lowest BCUT2D eigenvalue weighted by molar-refractivity contribution is -0.135. The number of hydrogen-bond donors (Lipinski definition) is 1. The fraction of sp³-hybridized carbons (Fsp3) is 0.941. The zero-order valence-corrected chi connectivity index (χ0v) is 14.6. The first-order chi connectivity index (χ1) is 10.5. The highest BCUT2D eigenvalue weighted by Gasteiger charge is 2.22. The van der Waals surface area contributed by atoms with Crippen molar-refractivity contribution >= 4 is 5.91 Å². The van der Waals surface area contributed by atoms with Crippen LogP contribution >= 0.6 is 0 Å². The van der Waals surface area contributed by atoms with Gasteiger partial charge in [-0.2, -0.15) is 0 Å². The number of nitrogens with two attached hydrogens (primary N) is 1. The van der Waals surface area contributed by atoms with Crippen LogP contribution in [0.5, 0.6) is 0 Å². The van der Waals surface area contributed by atoms with Crippen LogP contribution in [0.1, 0.15) is 52.9 Å². The summed E-state index contributed by atoms with van der Waals surface area (Å²) >= 11 is 0. The van der Waals surface area contributed by atoms with Gasteiger partial charge < -0.3 is 20.1 Å². The van der Waals surface area contributed by atoms with Gasteiger partial charge in [-0.15, -0.1) is 0 Å². The molecule has 1 aliphatic rings. The van der Waals surface area contributed by atoms with E-state index in [4.69, 9.17) is 15.2 Å². The Hall–Kier alpha value is -0.650. The van der Waals surface area contributed by atoms with E-state index < -0.39 is 0 Å². The van der Waals surface area contributed by atoms with Gasteiger partial charge in [0.25, 0.3) is 0 Å². The van der Waals surface area contributed by atoms with Gasteiger partial charge in [-0.05, 0) is 45.1 Å². The molecule has 22 heavy (non-hydrogen) atoms. The van der Waals surface area contributed by atoms with Crippen LogP contribution in [0.25, 0.3) is 0 Å². The molecule has 0 aromatic rings. The summed E-state index contributed by atoms with van der Waals surface area (Å²) in [5, 5.41) is 0. The molecule has 1 fully saturated rings. The standard InChI is InChI=1S/C17H34N2O3/c1-14(2)13-15(3)21-12-7-17(20)19-9-5-16(6-10-19)22-11-4-8-18/h14-16H,4-13,18H2,1-3H3. The highest BCUT2D eigenvalue weighted by molar-refractivity contribution is 5.76. The third-order valence-corrected chi connectivity index (χ3v) is 4.02. The average molecular weight is 314 g/mol. The normalized spacial score (nSPS) is 18.0. The molecular weight excluding hydrogens is 280 g/mol. The van der Waals surface area contributed by atoms with Crippen molar-refractivity contribution < 1.29 is 14.3 Å². The van der Waals surface area contributed by atoms with Gasteiger partial charge >= 0.3 is 0 Å². The first-order valence-electron chi connectivity index (χ1n) is 8.74. The third kappa shape index (κ3) is 8.11. The fourth-order valence-electron chi connectivity index (χ4n) is 2.84. The van der Waals surface area contributed by atoms with E-state index in [1.54, 1.807) is 0 Å². The smallest absolute Gasteiger partial charge is 0.224 e.